The number of carbonyl (C=O) groups is 1. The molecule has 0 radical (unpaired) electrons. The Balaban J connectivity index is 1.61. The number of benzene rings is 1. The third-order valence-electron chi connectivity index (χ3n) is 7.76. The number of furan rings is 1. The predicted octanol–water partition coefficient (Wildman–Crippen LogP) is 4.49. The van der Waals surface area contributed by atoms with Crippen LogP contribution < -0.4 is 10.1 Å². The Morgan fingerprint density at radius 3 is 2.88 bits per heavy atom. The lowest BCUT2D eigenvalue weighted by Crippen LogP contribution is -2.67. The standard InChI is InChI=1S/C28H36N2O4/c1-5-15-30-16-14-27(23-7-6-8-25(18-23)32-3)19-24(11-13-28(27,20-30)33-4)29-26(31)10-9-22-12-17-34-21(22)2/h5-10,12,17-18,24H,1,11,13-16,19-20H2,2-4H3,(H,29,31)/t24-,27-,28-/m0/s1. The maximum Gasteiger partial charge on any atom is 0.244 e. The summed E-state index contributed by atoms with van der Waals surface area (Å²) in [7, 11) is 3.53. The van der Waals surface area contributed by atoms with Gasteiger partial charge in [0.2, 0.25) is 5.91 Å². The number of ether oxygens (including phenoxy) is 2. The summed E-state index contributed by atoms with van der Waals surface area (Å²) < 4.78 is 17.3. The molecule has 34 heavy (non-hydrogen) atoms. The highest BCUT2D eigenvalue weighted by Crippen LogP contribution is 2.53. The predicted molar refractivity (Wildman–Crippen MR) is 134 cm³/mol. The maximum atomic E-state index is 12.8. The van der Waals surface area contributed by atoms with Crippen molar-refractivity contribution in [2.45, 2.75) is 49.7 Å². The van der Waals surface area contributed by atoms with Crippen molar-refractivity contribution in [2.24, 2.45) is 0 Å². The van der Waals surface area contributed by atoms with E-state index in [1.165, 1.54) is 5.56 Å². The van der Waals surface area contributed by atoms with E-state index in [1.54, 1.807) is 19.4 Å². The van der Waals surface area contributed by atoms with Gasteiger partial charge in [-0.3, -0.25) is 9.69 Å². The first-order valence-electron chi connectivity index (χ1n) is 12.0. The first-order chi connectivity index (χ1) is 16.4. The molecular weight excluding hydrogens is 428 g/mol. The number of carbonyl (C=O) groups excluding carboxylic acids is 1. The summed E-state index contributed by atoms with van der Waals surface area (Å²) in [6, 6.07) is 10.3. The van der Waals surface area contributed by atoms with E-state index in [1.807, 2.05) is 38.3 Å². The van der Waals surface area contributed by atoms with E-state index in [0.29, 0.717) is 0 Å². The quantitative estimate of drug-likeness (QED) is 0.461. The van der Waals surface area contributed by atoms with Gasteiger partial charge in [0.05, 0.1) is 19.0 Å². The minimum atomic E-state index is -0.342. The fourth-order valence-electron chi connectivity index (χ4n) is 5.96. The highest BCUT2D eigenvalue weighted by Gasteiger charge is 2.58. The van der Waals surface area contributed by atoms with Crippen LogP contribution in [0.5, 0.6) is 5.75 Å². The molecule has 182 valence electrons. The van der Waals surface area contributed by atoms with Crippen molar-refractivity contribution in [1.29, 1.82) is 0 Å². The number of likely N-dealkylation sites (tertiary alicyclic amines) is 1. The van der Waals surface area contributed by atoms with Gasteiger partial charge in [0.25, 0.3) is 0 Å². The van der Waals surface area contributed by atoms with Crippen LogP contribution in [0.25, 0.3) is 6.08 Å². The molecule has 0 spiro atoms. The van der Waals surface area contributed by atoms with Gasteiger partial charge in [-0.05, 0) is 69.0 Å². The summed E-state index contributed by atoms with van der Waals surface area (Å²) in [4.78, 5) is 15.2. The molecule has 1 amide bonds. The number of rotatable bonds is 8. The van der Waals surface area contributed by atoms with Crippen LogP contribution in [0.15, 0.2) is 59.7 Å². The van der Waals surface area contributed by atoms with Gasteiger partial charge in [0.1, 0.15) is 11.5 Å². The fourth-order valence-corrected chi connectivity index (χ4v) is 5.96. The Morgan fingerprint density at radius 1 is 1.32 bits per heavy atom. The molecule has 2 heterocycles. The van der Waals surface area contributed by atoms with Crippen LogP contribution >= 0.6 is 0 Å². The molecule has 2 aliphatic rings. The normalized spacial score (nSPS) is 27.3. The van der Waals surface area contributed by atoms with Gasteiger partial charge in [-0.25, -0.2) is 0 Å². The van der Waals surface area contributed by atoms with Gasteiger partial charge in [0.15, 0.2) is 0 Å². The number of hydrogen-bond acceptors (Lipinski definition) is 5. The molecule has 0 unspecified atom stereocenters. The van der Waals surface area contributed by atoms with Crippen molar-refractivity contribution < 1.29 is 18.7 Å². The Kier molecular flexibility index (Phi) is 7.29. The number of hydrogen-bond donors (Lipinski definition) is 1. The zero-order chi connectivity index (χ0) is 24.2. The summed E-state index contributed by atoms with van der Waals surface area (Å²) in [5.74, 6) is 1.56. The second-order valence-corrected chi connectivity index (χ2v) is 9.50. The third kappa shape index (κ3) is 4.57. The molecule has 4 rings (SSSR count). The van der Waals surface area contributed by atoms with E-state index < -0.39 is 0 Å². The minimum Gasteiger partial charge on any atom is -0.497 e. The van der Waals surface area contributed by atoms with Crippen molar-refractivity contribution in [2.75, 3.05) is 33.9 Å². The summed E-state index contributed by atoms with van der Waals surface area (Å²) >= 11 is 0. The van der Waals surface area contributed by atoms with Crippen LogP contribution in [0.1, 0.15) is 42.6 Å². The van der Waals surface area contributed by atoms with E-state index in [9.17, 15) is 4.79 Å². The number of nitrogens with one attached hydrogen (secondary N) is 1. The third-order valence-corrected chi connectivity index (χ3v) is 7.76. The molecule has 1 aliphatic carbocycles. The summed E-state index contributed by atoms with van der Waals surface area (Å²) in [6.45, 7) is 8.46. The van der Waals surface area contributed by atoms with E-state index in [-0.39, 0.29) is 23.0 Å². The Labute approximate surface area is 202 Å². The molecule has 6 nitrogen and oxygen atoms in total. The maximum absolute atomic E-state index is 12.8. The number of fused-ring (bicyclic) bond motifs is 1. The molecule has 2 fully saturated rings. The molecule has 3 atom stereocenters. The summed E-state index contributed by atoms with van der Waals surface area (Å²) in [6.07, 6.45) is 10.5. The zero-order valence-corrected chi connectivity index (χ0v) is 20.5. The van der Waals surface area contributed by atoms with Crippen molar-refractivity contribution in [3.05, 3.63) is 72.2 Å². The minimum absolute atomic E-state index is 0.0584. The average Bonchev–Trinajstić information content (AvgIpc) is 3.27. The van der Waals surface area contributed by atoms with Crippen molar-refractivity contribution in [1.82, 2.24) is 10.2 Å². The molecule has 6 heteroatoms. The van der Waals surface area contributed by atoms with Crippen molar-refractivity contribution >= 4 is 12.0 Å². The number of amides is 1. The van der Waals surface area contributed by atoms with Crippen LogP contribution in [-0.2, 0) is 14.9 Å². The lowest BCUT2D eigenvalue weighted by molar-refractivity contribution is -0.148. The second-order valence-electron chi connectivity index (χ2n) is 9.50. The summed E-state index contributed by atoms with van der Waals surface area (Å²) in [5, 5.41) is 3.26. The SMILES string of the molecule is C=CCN1CC[C@@]2(c3cccc(OC)c3)C[C@@H](NC(=O)C=Cc3ccoc3C)CC[C@]2(OC)C1. The average molecular weight is 465 g/mol. The van der Waals surface area contributed by atoms with Crippen molar-refractivity contribution in [3.63, 3.8) is 0 Å². The van der Waals surface area contributed by atoms with Gasteiger partial charge < -0.3 is 19.2 Å². The van der Waals surface area contributed by atoms with Gasteiger partial charge in [-0.1, -0.05) is 18.2 Å². The van der Waals surface area contributed by atoms with Gasteiger partial charge in [-0.2, -0.15) is 0 Å². The molecule has 2 aromatic rings. The Bertz CT molecular complexity index is 1040. The van der Waals surface area contributed by atoms with E-state index in [2.05, 4.69) is 35.0 Å². The molecular formula is C28H36N2O4. The molecule has 1 aromatic carbocycles. The largest absolute Gasteiger partial charge is 0.497 e. The molecule has 1 saturated carbocycles. The smallest absolute Gasteiger partial charge is 0.244 e. The number of aryl methyl sites for hydroxylation is 1. The van der Waals surface area contributed by atoms with E-state index in [0.717, 1.165) is 62.4 Å². The van der Waals surface area contributed by atoms with Gasteiger partial charge in [0, 0.05) is 43.3 Å². The number of nitrogens with zero attached hydrogens (tertiary/aromatic N) is 1. The molecule has 1 saturated heterocycles. The monoisotopic (exact) mass is 464 g/mol. The number of piperidine rings is 1. The zero-order valence-electron chi connectivity index (χ0n) is 20.5. The Hall–Kier alpha value is -2.83. The van der Waals surface area contributed by atoms with Crippen molar-refractivity contribution in [3.8, 4) is 5.75 Å². The first kappa shape index (κ1) is 24.3. The van der Waals surface area contributed by atoms with E-state index in [4.69, 9.17) is 13.9 Å². The lowest BCUT2D eigenvalue weighted by atomic mass is 9.55. The van der Waals surface area contributed by atoms with E-state index >= 15 is 0 Å². The van der Waals surface area contributed by atoms with Gasteiger partial charge in [-0.15, -0.1) is 6.58 Å². The topological polar surface area (TPSA) is 63.9 Å². The van der Waals surface area contributed by atoms with Crippen LogP contribution in [0.3, 0.4) is 0 Å². The fraction of sp³-hybridized carbons (Fsp3) is 0.464. The summed E-state index contributed by atoms with van der Waals surface area (Å²) in [5.41, 5.74) is 1.57. The van der Waals surface area contributed by atoms with Crippen LogP contribution in [-0.4, -0.2) is 56.3 Å². The van der Waals surface area contributed by atoms with Crippen LogP contribution in [0, 0.1) is 6.92 Å². The van der Waals surface area contributed by atoms with Crippen LogP contribution in [0.2, 0.25) is 0 Å². The molecule has 1 N–H and O–H groups in total. The molecule has 0 bridgehead atoms. The van der Waals surface area contributed by atoms with Gasteiger partial charge >= 0.3 is 0 Å². The second kappa shape index (κ2) is 10.2. The molecule has 1 aliphatic heterocycles. The highest BCUT2D eigenvalue weighted by molar-refractivity contribution is 5.92. The van der Waals surface area contributed by atoms with Crippen LogP contribution in [0.4, 0.5) is 0 Å². The highest BCUT2D eigenvalue weighted by atomic mass is 16.5. The number of methoxy groups -OCH3 is 2. The lowest BCUT2D eigenvalue weighted by Gasteiger charge is -2.59. The first-order valence-corrected chi connectivity index (χ1v) is 12.0. The Morgan fingerprint density at radius 2 is 2.18 bits per heavy atom. The molecule has 1 aromatic heterocycles.